The summed E-state index contributed by atoms with van der Waals surface area (Å²) in [5.41, 5.74) is 2.63. The van der Waals surface area contributed by atoms with Crippen LogP contribution in [0, 0.1) is 0 Å². The van der Waals surface area contributed by atoms with Crippen LogP contribution in [0.4, 0.5) is 5.69 Å². The summed E-state index contributed by atoms with van der Waals surface area (Å²) in [6, 6.07) is 9.30. The second-order valence-electron chi connectivity index (χ2n) is 6.00. The largest absolute Gasteiger partial charge is 0.494 e. The van der Waals surface area contributed by atoms with Crippen molar-refractivity contribution in [2.45, 2.75) is 19.3 Å². The van der Waals surface area contributed by atoms with Crippen molar-refractivity contribution in [3.05, 3.63) is 46.5 Å². The van der Waals surface area contributed by atoms with Crippen LogP contribution in [0.5, 0.6) is 17.2 Å². The van der Waals surface area contributed by atoms with Crippen LogP contribution in [0.1, 0.15) is 30.4 Å². The van der Waals surface area contributed by atoms with E-state index >= 15 is 0 Å². The number of hydrogen-bond acceptors (Lipinski definition) is 4. The van der Waals surface area contributed by atoms with E-state index in [9.17, 15) is 4.79 Å². The number of carbonyl (C=O) groups excluding carboxylic acids is 1. The smallest absolute Gasteiger partial charge is 0.225 e. The number of benzene rings is 2. The van der Waals surface area contributed by atoms with Crippen molar-refractivity contribution in [2.75, 3.05) is 25.1 Å². The molecular formula is C19H18ClNO4. The maximum absolute atomic E-state index is 12.3. The summed E-state index contributed by atoms with van der Waals surface area (Å²) in [5, 5.41) is 3.54. The van der Waals surface area contributed by atoms with Crippen LogP contribution in [-0.2, 0) is 4.79 Å². The zero-order chi connectivity index (χ0) is 17.4. The lowest BCUT2D eigenvalue weighted by Gasteiger charge is -2.29. The van der Waals surface area contributed by atoms with Gasteiger partial charge in [0.15, 0.2) is 11.5 Å². The Balaban J connectivity index is 1.85. The number of amides is 1. The quantitative estimate of drug-likeness (QED) is 0.900. The van der Waals surface area contributed by atoms with Crippen molar-refractivity contribution in [3.63, 3.8) is 0 Å². The molecule has 1 N–H and O–H groups in total. The third-order valence-corrected chi connectivity index (χ3v) is 4.64. The van der Waals surface area contributed by atoms with Gasteiger partial charge in [-0.25, -0.2) is 0 Å². The van der Waals surface area contributed by atoms with Gasteiger partial charge in [0.25, 0.3) is 0 Å². The molecule has 1 atom stereocenters. The summed E-state index contributed by atoms with van der Waals surface area (Å²) in [4.78, 5) is 12.3. The summed E-state index contributed by atoms with van der Waals surface area (Å²) in [5.74, 6) is 1.90. The summed E-state index contributed by atoms with van der Waals surface area (Å²) in [6.07, 6.45) is 0.326. The van der Waals surface area contributed by atoms with Gasteiger partial charge in [0.05, 0.1) is 6.61 Å². The minimum absolute atomic E-state index is 0.0448. The van der Waals surface area contributed by atoms with E-state index in [1.54, 1.807) is 6.07 Å². The van der Waals surface area contributed by atoms with Gasteiger partial charge in [-0.05, 0) is 36.8 Å². The van der Waals surface area contributed by atoms with Crippen molar-refractivity contribution in [1.82, 2.24) is 0 Å². The van der Waals surface area contributed by atoms with Crippen LogP contribution in [0.3, 0.4) is 0 Å². The highest BCUT2D eigenvalue weighted by Gasteiger charge is 2.31. The molecule has 0 aromatic heterocycles. The molecule has 0 saturated heterocycles. The van der Waals surface area contributed by atoms with Gasteiger partial charge in [-0.2, -0.15) is 0 Å². The molecule has 5 nitrogen and oxygen atoms in total. The molecule has 0 bridgehead atoms. The molecule has 2 aromatic rings. The molecule has 0 saturated carbocycles. The zero-order valence-electron chi connectivity index (χ0n) is 13.8. The third kappa shape index (κ3) is 3.00. The Kier molecular flexibility index (Phi) is 4.17. The van der Waals surface area contributed by atoms with E-state index in [-0.39, 0.29) is 11.8 Å². The van der Waals surface area contributed by atoms with Crippen LogP contribution in [0.25, 0.3) is 0 Å². The predicted molar refractivity (Wildman–Crippen MR) is 95.1 cm³/mol. The van der Waals surface area contributed by atoms with Crippen LogP contribution < -0.4 is 19.5 Å². The Morgan fingerprint density at radius 1 is 1.16 bits per heavy atom. The molecule has 4 rings (SSSR count). The number of hydrogen-bond donors (Lipinski definition) is 1. The highest BCUT2D eigenvalue weighted by Crippen LogP contribution is 2.46. The van der Waals surface area contributed by atoms with Gasteiger partial charge in [0, 0.05) is 34.7 Å². The molecule has 6 heteroatoms. The van der Waals surface area contributed by atoms with E-state index in [1.165, 1.54) is 0 Å². The van der Waals surface area contributed by atoms with Crippen LogP contribution in [0.15, 0.2) is 30.3 Å². The van der Waals surface area contributed by atoms with Crippen molar-refractivity contribution in [1.29, 1.82) is 0 Å². The fourth-order valence-corrected chi connectivity index (χ4v) is 3.53. The number of carbonyl (C=O) groups is 1. The number of nitrogens with one attached hydrogen (secondary N) is 1. The maximum atomic E-state index is 12.3. The van der Waals surface area contributed by atoms with Gasteiger partial charge in [-0.1, -0.05) is 11.6 Å². The third-order valence-electron chi connectivity index (χ3n) is 4.40. The fourth-order valence-electron chi connectivity index (χ4n) is 3.35. The molecule has 130 valence electrons. The van der Waals surface area contributed by atoms with Crippen molar-refractivity contribution in [3.8, 4) is 17.2 Å². The van der Waals surface area contributed by atoms with Gasteiger partial charge in [-0.15, -0.1) is 0 Å². The van der Waals surface area contributed by atoms with Gasteiger partial charge in [-0.3, -0.25) is 4.79 Å². The highest BCUT2D eigenvalue weighted by atomic mass is 35.5. The number of halogens is 1. The van der Waals surface area contributed by atoms with E-state index in [2.05, 4.69) is 5.32 Å². The SMILES string of the molecule is CCOc1ccc(Cl)cc1C1CC(=O)Nc2cc3c(cc21)OCCO3. The van der Waals surface area contributed by atoms with Crippen molar-refractivity contribution >= 4 is 23.2 Å². The minimum Gasteiger partial charge on any atom is -0.494 e. The normalized spacial score (nSPS) is 18.3. The number of anilines is 1. The maximum Gasteiger partial charge on any atom is 0.225 e. The van der Waals surface area contributed by atoms with Gasteiger partial charge in [0.2, 0.25) is 5.91 Å². The van der Waals surface area contributed by atoms with Gasteiger partial charge < -0.3 is 19.5 Å². The zero-order valence-corrected chi connectivity index (χ0v) is 14.6. The first-order chi connectivity index (χ1) is 12.2. The summed E-state index contributed by atoms with van der Waals surface area (Å²) in [6.45, 7) is 3.50. The Morgan fingerprint density at radius 2 is 1.92 bits per heavy atom. The Labute approximate surface area is 150 Å². The summed E-state index contributed by atoms with van der Waals surface area (Å²) in [7, 11) is 0. The minimum atomic E-state index is -0.153. The van der Waals surface area contributed by atoms with E-state index in [0.29, 0.717) is 42.8 Å². The first-order valence-corrected chi connectivity index (χ1v) is 8.69. The average Bonchev–Trinajstić information content (AvgIpc) is 2.61. The first kappa shape index (κ1) is 16.1. The molecule has 0 aliphatic carbocycles. The number of rotatable bonds is 3. The van der Waals surface area contributed by atoms with Crippen LogP contribution in [0.2, 0.25) is 5.02 Å². The molecule has 0 fully saturated rings. The lowest BCUT2D eigenvalue weighted by atomic mass is 9.84. The number of ether oxygens (including phenoxy) is 3. The molecule has 2 aliphatic rings. The number of fused-ring (bicyclic) bond motifs is 2. The van der Waals surface area contributed by atoms with E-state index in [0.717, 1.165) is 22.6 Å². The van der Waals surface area contributed by atoms with Crippen LogP contribution in [-0.4, -0.2) is 25.7 Å². The Bertz CT molecular complexity index is 836. The van der Waals surface area contributed by atoms with E-state index in [1.807, 2.05) is 31.2 Å². The molecule has 0 radical (unpaired) electrons. The second kappa shape index (κ2) is 6.48. The molecule has 1 amide bonds. The molecule has 2 aromatic carbocycles. The van der Waals surface area contributed by atoms with Crippen molar-refractivity contribution in [2.24, 2.45) is 0 Å². The van der Waals surface area contributed by atoms with Crippen molar-refractivity contribution < 1.29 is 19.0 Å². The lowest BCUT2D eigenvalue weighted by molar-refractivity contribution is -0.116. The molecular weight excluding hydrogens is 342 g/mol. The van der Waals surface area contributed by atoms with Gasteiger partial charge >= 0.3 is 0 Å². The average molecular weight is 360 g/mol. The molecule has 1 unspecified atom stereocenters. The predicted octanol–water partition coefficient (Wildman–Crippen LogP) is 3.98. The summed E-state index contributed by atoms with van der Waals surface area (Å²) < 4.78 is 17.1. The topological polar surface area (TPSA) is 56.8 Å². The first-order valence-electron chi connectivity index (χ1n) is 8.31. The fraction of sp³-hybridized carbons (Fsp3) is 0.316. The lowest BCUT2D eigenvalue weighted by Crippen LogP contribution is -2.25. The van der Waals surface area contributed by atoms with Crippen LogP contribution >= 0.6 is 11.6 Å². The Morgan fingerprint density at radius 3 is 2.68 bits per heavy atom. The molecule has 25 heavy (non-hydrogen) atoms. The van der Waals surface area contributed by atoms with Gasteiger partial charge in [0.1, 0.15) is 19.0 Å². The molecule has 2 aliphatic heterocycles. The second-order valence-corrected chi connectivity index (χ2v) is 6.44. The van der Waals surface area contributed by atoms with E-state index < -0.39 is 0 Å². The highest BCUT2D eigenvalue weighted by molar-refractivity contribution is 6.30. The monoisotopic (exact) mass is 359 g/mol. The standard InChI is InChI=1S/C19H18ClNO4/c1-2-23-16-4-3-11(20)7-14(16)12-9-19(22)21-15-10-18-17(8-13(12)15)24-5-6-25-18/h3-4,7-8,10,12H,2,5-6,9H2,1H3,(H,21,22). The summed E-state index contributed by atoms with van der Waals surface area (Å²) >= 11 is 6.21. The Hall–Kier alpha value is -2.40. The van der Waals surface area contributed by atoms with E-state index in [4.69, 9.17) is 25.8 Å². The molecule has 2 heterocycles. The molecule has 0 spiro atoms.